The Morgan fingerprint density at radius 3 is 2.63 bits per heavy atom. The van der Waals surface area contributed by atoms with E-state index in [9.17, 15) is 9.90 Å². The average Bonchev–Trinajstić information content (AvgIpc) is 3.36. The zero-order chi connectivity index (χ0) is 19.0. The summed E-state index contributed by atoms with van der Waals surface area (Å²) in [4.78, 5) is 21.0. The van der Waals surface area contributed by atoms with Crippen molar-refractivity contribution in [3.63, 3.8) is 0 Å². The number of pyridine rings is 1. The van der Waals surface area contributed by atoms with Crippen LogP contribution in [0.3, 0.4) is 0 Å². The summed E-state index contributed by atoms with van der Waals surface area (Å²) in [5.41, 5.74) is 1.16. The number of amides is 1. The molecule has 3 aromatic heterocycles. The Morgan fingerprint density at radius 1 is 1.19 bits per heavy atom. The number of aliphatic hydroxyl groups is 1. The maximum Gasteiger partial charge on any atom is 0.255 e. The van der Waals surface area contributed by atoms with Crippen LogP contribution in [0.5, 0.6) is 0 Å². The quantitative estimate of drug-likeness (QED) is 0.687. The molecule has 2 N–H and O–H groups in total. The molecular weight excluding hydrogens is 348 g/mol. The molecule has 0 aliphatic carbocycles. The first-order valence-corrected chi connectivity index (χ1v) is 8.97. The van der Waals surface area contributed by atoms with Gasteiger partial charge >= 0.3 is 0 Å². The Bertz CT molecular complexity index is 928. The van der Waals surface area contributed by atoms with E-state index in [2.05, 4.69) is 30.3 Å². The van der Waals surface area contributed by atoms with E-state index in [1.165, 1.54) is 6.33 Å². The molecule has 3 aromatic rings. The van der Waals surface area contributed by atoms with Crippen molar-refractivity contribution in [3.05, 3.63) is 36.0 Å². The number of aliphatic hydroxyl groups excluding tert-OH is 1. The lowest BCUT2D eigenvalue weighted by Crippen LogP contribution is -2.49. The number of rotatable bonds is 4. The molecule has 1 fully saturated rings. The molecule has 1 unspecified atom stereocenters. The van der Waals surface area contributed by atoms with E-state index in [0.29, 0.717) is 43.2 Å². The van der Waals surface area contributed by atoms with E-state index in [1.807, 2.05) is 18.7 Å². The van der Waals surface area contributed by atoms with Crippen molar-refractivity contribution in [1.29, 1.82) is 0 Å². The SMILES string of the molecule is CC(C)C(O)c1nnc2ccc(C(=O)N3CCN(c4ncn[nH]4)CC3)cn12. The van der Waals surface area contributed by atoms with E-state index in [0.717, 1.165) is 5.95 Å². The Labute approximate surface area is 155 Å². The van der Waals surface area contributed by atoms with E-state index >= 15 is 0 Å². The van der Waals surface area contributed by atoms with Gasteiger partial charge < -0.3 is 14.9 Å². The van der Waals surface area contributed by atoms with Gasteiger partial charge in [0.1, 0.15) is 12.4 Å². The van der Waals surface area contributed by atoms with Crippen molar-refractivity contribution < 1.29 is 9.90 Å². The lowest BCUT2D eigenvalue weighted by atomic mass is 10.1. The Kier molecular flexibility index (Phi) is 4.48. The van der Waals surface area contributed by atoms with Gasteiger partial charge in [-0.1, -0.05) is 13.8 Å². The maximum atomic E-state index is 12.9. The van der Waals surface area contributed by atoms with Gasteiger partial charge in [0.05, 0.1) is 5.56 Å². The van der Waals surface area contributed by atoms with Gasteiger partial charge in [0.15, 0.2) is 11.5 Å². The lowest BCUT2D eigenvalue weighted by molar-refractivity contribution is 0.0745. The van der Waals surface area contributed by atoms with Crippen LogP contribution in [-0.2, 0) is 0 Å². The van der Waals surface area contributed by atoms with Crippen LogP contribution in [0.15, 0.2) is 24.7 Å². The second-order valence-corrected chi connectivity index (χ2v) is 6.98. The first-order valence-electron chi connectivity index (χ1n) is 8.97. The van der Waals surface area contributed by atoms with E-state index < -0.39 is 6.10 Å². The first kappa shape index (κ1) is 17.4. The van der Waals surface area contributed by atoms with E-state index in [4.69, 9.17) is 0 Å². The number of nitrogens with zero attached hydrogens (tertiary/aromatic N) is 7. The number of carbonyl (C=O) groups excluding carboxylic acids is 1. The van der Waals surface area contributed by atoms with Crippen LogP contribution in [0, 0.1) is 5.92 Å². The number of piperazine rings is 1. The molecule has 0 bridgehead atoms. The molecule has 4 heterocycles. The largest absolute Gasteiger partial charge is 0.385 e. The second-order valence-electron chi connectivity index (χ2n) is 6.98. The predicted molar refractivity (Wildman–Crippen MR) is 97.3 cm³/mol. The van der Waals surface area contributed by atoms with Gasteiger partial charge in [-0.05, 0) is 18.1 Å². The van der Waals surface area contributed by atoms with Gasteiger partial charge in [-0.25, -0.2) is 5.10 Å². The van der Waals surface area contributed by atoms with Crippen LogP contribution in [0.1, 0.15) is 36.1 Å². The number of H-pyrrole nitrogens is 1. The van der Waals surface area contributed by atoms with Crippen LogP contribution >= 0.6 is 0 Å². The average molecular weight is 370 g/mol. The van der Waals surface area contributed by atoms with Crippen molar-refractivity contribution in [2.45, 2.75) is 20.0 Å². The van der Waals surface area contributed by atoms with Crippen LogP contribution in [0.4, 0.5) is 5.95 Å². The topological polar surface area (TPSA) is 116 Å². The minimum Gasteiger partial charge on any atom is -0.385 e. The molecule has 0 aromatic carbocycles. The molecular formula is C17H22N8O2. The maximum absolute atomic E-state index is 12.9. The van der Waals surface area contributed by atoms with Gasteiger partial charge in [0.2, 0.25) is 5.95 Å². The van der Waals surface area contributed by atoms with Crippen molar-refractivity contribution in [2.75, 3.05) is 31.1 Å². The summed E-state index contributed by atoms with van der Waals surface area (Å²) in [6, 6.07) is 3.50. The number of aromatic amines is 1. The standard InChI is InChI=1S/C17H22N8O2/c1-11(2)14(26)15-21-20-13-4-3-12(9-25(13)15)16(27)23-5-7-24(8-6-23)17-18-10-19-22-17/h3-4,9-11,14,26H,5-8H2,1-2H3,(H,18,19,22). The molecule has 1 aliphatic rings. The van der Waals surface area contributed by atoms with Crippen molar-refractivity contribution in [3.8, 4) is 0 Å². The number of hydrogen-bond donors (Lipinski definition) is 2. The van der Waals surface area contributed by atoms with Crippen LogP contribution in [0.25, 0.3) is 5.65 Å². The number of aromatic nitrogens is 6. The minimum atomic E-state index is -0.740. The summed E-state index contributed by atoms with van der Waals surface area (Å²) in [5, 5.41) is 25.2. The third-order valence-corrected chi connectivity index (χ3v) is 4.84. The lowest BCUT2D eigenvalue weighted by Gasteiger charge is -2.34. The molecule has 1 amide bonds. The van der Waals surface area contributed by atoms with Gasteiger partial charge in [-0.2, -0.15) is 10.1 Å². The molecule has 10 nitrogen and oxygen atoms in total. The third-order valence-electron chi connectivity index (χ3n) is 4.84. The van der Waals surface area contributed by atoms with Crippen molar-refractivity contribution in [1.82, 2.24) is 34.7 Å². The van der Waals surface area contributed by atoms with E-state index in [1.54, 1.807) is 22.7 Å². The van der Waals surface area contributed by atoms with Gasteiger partial charge in [0.25, 0.3) is 5.91 Å². The molecule has 10 heteroatoms. The fourth-order valence-corrected chi connectivity index (χ4v) is 3.19. The predicted octanol–water partition coefficient (Wildman–Crippen LogP) is 0.499. The van der Waals surface area contributed by atoms with Crippen LogP contribution in [0.2, 0.25) is 0 Å². The van der Waals surface area contributed by atoms with Crippen molar-refractivity contribution in [2.24, 2.45) is 5.92 Å². The molecule has 1 aliphatic heterocycles. The second kappa shape index (κ2) is 6.95. The highest BCUT2D eigenvalue weighted by Crippen LogP contribution is 2.21. The normalized spacial score (nSPS) is 16.3. The van der Waals surface area contributed by atoms with Crippen LogP contribution < -0.4 is 4.90 Å². The monoisotopic (exact) mass is 370 g/mol. The number of carbonyl (C=O) groups is 1. The van der Waals surface area contributed by atoms with Gasteiger partial charge in [-0.3, -0.25) is 9.20 Å². The van der Waals surface area contributed by atoms with Crippen molar-refractivity contribution >= 4 is 17.5 Å². The summed E-state index contributed by atoms with van der Waals surface area (Å²) in [6.07, 6.45) is 2.45. The highest BCUT2D eigenvalue weighted by Gasteiger charge is 2.25. The Balaban J connectivity index is 1.52. The molecule has 0 spiro atoms. The molecule has 1 saturated heterocycles. The third kappa shape index (κ3) is 3.23. The van der Waals surface area contributed by atoms with Gasteiger partial charge in [0, 0.05) is 32.4 Å². The summed E-state index contributed by atoms with van der Waals surface area (Å²) in [7, 11) is 0. The Morgan fingerprint density at radius 2 is 1.96 bits per heavy atom. The molecule has 0 saturated carbocycles. The summed E-state index contributed by atoms with van der Waals surface area (Å²) < 4.78 is 1.70. The number of anilines is 1. The number of hydrogen-bond acceptors (Lipinski definition) is 7. The minimum absolute atomic E-state index is 0.000857. The highest BCUT2D eigenvalue weighted by molar-refractivity contribution is 5.94. The van der Waals surface area contributed by atoms with E-state index in [-0.39, 0.29) is 11.8 Å². The zero-order valence-electron chi connectivity index (χ0n) is 15.3. The molecule has 0 radical (unpaired) electrons. The fourth-order valence-electron chi connectivity index (χ4n) is 3.19. The fraction of sp³-hybridized carbons (Fsp3) is 0.471. The summed E-state index contributed by atoms with van der Waals surface area (Å²) in [5.74, 6) is 1.12. The molecule has 4 rings (SSSR count). The molecule has 1 atom stereocenters. The van der Waals surface area contributed by atoms with Gasteiger partial charge in [-0.15, -0.1) is 10.2 Å². The number of nitrogens with one attached hydrogen (secondary N) is 1. The highest BCUT2D eigenvalue weighted by atomic mass is 16.3. The number of fused-ring (bicyclic) bond motifs is 1. The molecule has 142 valence electrons. The zero-order valence-corrected chi connectivity index (χ0v) is 15.3. The van der Waals surface area contributed by atoms with Crippen LogP contribution in [-0.4, -0.2) is 71.9 Å². The first-order chi connectivity index (χ1) is 13.0. The molecule has 27 heavy (non-hydrogen) atoms. The summed E-state index contributed by atoms with van der Waals surface area (Å²) >= 11 is 0. The Hall–Kier alpha value is -3.01. The summed E-state index contributed by atoms with van der Waals surface area (Å²) in [6.45, 7) is 6.40. The smallest absolute Gasteiger partial charge is 0.255 e.